The van der Waals surface area contributed by atoms with E-state index in [4.69, 9.17) is 9.47 Å². The van der Waals surface area contributed by atoms with E-state index >= 15 is 0 Å². The van der Waals surface area contributed by atoms with Crippen LogP contribution in [0.2, 0.25) is 0 Å². The number of rotatable bonds is 1. The zero-order valence-electron chi connectivity index (χ0n) is 9.68. The second-order valence-corrected chi connectivity index (χ2v) is 5.86. The molecule has 0 bridgehead atoms. The third-order valence-electron chi connectivity index (χ3n) is 3.57. The number of cyclic esters (lactones) is 1. The van der Waals surface area contributed by atoms with Gasteiger partial charge in [-0.3, -0.25) is 4.79 Å². The van der Waals surface area contributed by atoms with Crippen LogP contribution in [0.4, 0.5) is 0 Å². The average molecular weight is 307 g/mol. The first kappa shape index (κ1) is 12.8. The number of hydrogen-bond donors (Lipinski definition) is 1. The molecule has 2 fully saturated rings. The Bertz CT molecular complexity index is 358. The monoisotopic (exact) mass is 306 g/mol. The molecule has 2 rings (SSSR count). The molecule has 0 spiro atoms. The highest BCUT2D eigenvalue weighted by Crippen LogP contribution is 2.46. The number of fused-ring (bicyclic) bond motifs is 1. The van der Waals surface area contributed by atoms with E-state index in [1.807, 2.05) is 6.92 Å². The molecule has 0 aromatic heterocycles. The predicted molar refractivity (Wildman–Crippen MR) is 61.4 cm³/mol. The summed E-state index contributed by atoms with van der Waals surface area (Å²) in [4.78, 5) is 22.9. The van der Waals surface area contributed by atoms with Crippen molar-refractivity contribution in [3.05, 3.63) is 0 Å². The number of halogens is 1. The van der Waals surface area contributed by atoms with Crippen LogP contribution in [0, 0.1) is 11.8 Å². The molecule has 0 amide bonds. The van der Waals surface area contributed by atoms with Gasteiger partial charge in [-0.2, -0.15) is 0 Å². The van der Waals surface area contributed by atoms with E-state index in [0.29, 0.717) is 6.42 Å². The summed E-state index contributed by atoms with van der Waals surface area (Å²) in [5.41, 5.74) is -1.30. The van der Waals surface area contributed by atoms with Crippen LogP contribution in [0.3, 0.4) is 0 Å². The maximum absolute atomic E-state index is 11.8. The topological polar surface area (TPSA) is 72.8 Å². The van der Waals surface area contributed by atoms with Crippen molar-refractivity contribution in [1.29, 1.82) is 0 Å². The molecule has 1 aliphatic carbocycles. The number of carbonyl (C=O) groups is 2. The molecule has 0 unspecified atom stereocenters. The normalized spacial score (nSPS) is 45.1. The minimum absolute atomic E-state index is 0.0197. The molecule has 1 aliphatic heterocycles. The lowest BCUT2D eigenvalue weighted by molar-refractivity contribution is -0.183. The first-order valence-corrected chi connectivity index (χ1v) is 6.49. The van der Waals surface area contributed by atoms with Gasteiger partial charge in [-0.25, -0.2) is 4.79 Å². The molecule has 0 aromatic carbocycles. The Kier molecular flexibility index (Phi) is 3.20. The van der Waals surface area contributed by atoms with Crippen LogP contribution in [0.1, 0.15) is 20.3 Å². The quantitative estimate of drug-likeness (QED) is 0.568. The maximum Gasteiger partial charge on any atom is 0.351 e. The summed E-state index contributed by atoms with van der Waals surface area (Å²) in [6.07, 6.45) is -0.382. The van der Waals surface area contributed by atoms with Crippen LogP contribution in [0.5, 0.6) is 0 Å². The van der Waals surface area contributed by atoms with Gasteiger partial charge in [0.15, 0.2) is 0 Å². The van der Waals surface area contributed by atoms with Crippen LogP contribution in [0.15, 0.2) is 0 Å². The predicted octanol–water partition coefficient (Wildman–Crippen LogP) is 0.625. The van der Waals surface area contributed by atoms with Crippen molar-refractivity contribution in [2.24, 2.45) is 11.8 Å². The molecule has 0 aromatic rings. The van der Waals surface area contributed by atoms with E-state index in [9.17, 15) is 14.7 Å². The van der Waals surface area contributed by atoms with Crippen molar-refractivity contribution in [2.75, 3.05) is 6.61 Å². The Hall–Kier alpha value is -0.620. The highest BCUT2D eigenvalue weighted by atomic mass is 79.9. The number of alkyl halides is 1. The van der Waals surface area contributed by atoms with E-state index in [1.54, 1.807) is 0 Å². The van der Waals surface area contributed by atoms with Gasteiger partial charge in [0.1, 0.15) is 6.61 Å². The molecule has 1 saturated heterocycles. The fourth-order valence-corrected chi connectivity index (χ4v) is 3.30. The molecule has 5 nitrogen and oxygen atoms in total. The minimum atomic E-state index is -1.30. The summed E-state index contributed by atoms with van der Waals surface area (Å²) >= 11 is 3.41. The molecule has 17 heavy (non-hydrogen) atoms. The van der Waals surface area contributed by atoms with Crippen LogP contribution >= 0.6 is 15.9 Å². The van der Waals surface area contributed by atoms with Crippen molar-refractivity contribution in [2.45, 2.75) is 36.8 Å². The Morgan fingerprint density at radius 3 is 2.88 bits per heavy atom. The van der Waals surface area contributed by atoms with Crippen LogP contribution in [-0.4, -0.2) is 40.2 Å². The van der Waals surface area contributed by atoms with Crippen LogP contribution in [0.25, 0.3) is 0 Å². The molecule has 6 heteroatoms. The van der Waals surface area contributed by atoms with Gasteiger partial charge in [0.25, 0.3) is 0 Å². The largest absolute Gasteiger partial charge is 0.462 e. The molecule has 5 atom stereocenters. The third-order valence-corrected chi connectivity index (χ3v) is 5.02. The first-order valence-electron chi connectivity index (χ1n) is 5.57. The Labute approximate surface area is 108 Å². The molecule has 1 N–H and O–H groups in total. The summed E-state index contributed by atoms with van der Waals surface area (Å²) in [6, 6.07) is 0. The smallest absolute Gasteiger partial charge is 0.351 e. The van der Waals surface area contributed by atoms with Gasteiger partial charge in [-0.05, 0) is 5.92 Å². The van der Waals surface area contributed by atoms with Crippen molar-refractivity contribution in [3.8, 4) is 0 Å². The molecule has 0 radical (unpaired) electrons. The zero-order valence-corrected chi connectivity index (χ0v) is 11.3. The van der Waals surface area contributed by atoms with Gasteiger partial charge in [-0.1, -0.05) is 22.9 Å². The van der Waals surface area contributed by atoms with E-state index in [-0.39, 0.29) is 17.4 Å². The summed E-state index contributed by atoms with van der Waals surface area (Å²) in [6.45, 7) is 3.26. The Morgan fingerprint density at radius 1 is 1.65 bits per heavy atom. The molecule has 1 heterocycles. The Morgan fingerprint density at radius 2 is 2.29 bits per heavy atom. The molecule has 2 aliphatic rings. The summed E-state index contributed by atoms with van der Waals surface area (Å²) in [5.74, 6) is -1.53. The summed E-state index contributed by atoms with van der Waals surface area (Å²) in [5, 5.41) is 10.1. The lowest BCUT2D eigenvalue weighted by atomic mass is 9.71. The zero-order chi connectivity index (χ0) is 12.8. The minimum Gasteiger partial charge on any atom is -0.462 e. The van der Waals surface area contributed by atoms with Crippen molar-refractivity contribution >= 4 is 27.9 Å². The molecule has 96 valence electrons. The van der Waals surface area contributed by atoms with Crippen molar-refractivity contribution in [3.63, 3.8) is 0 Å². The number of aliphatic hydroxyl groups is 1. The van der Waals surface area contributed by atoms with Crippen molar-refractivity contribution in [1.82, 2.24) is 0 Å². The van der Waals surface area contributed by atoms with E-state index in [0.717, 1.165) is 0 Å². The molecular weight excluding hydrogens is 292 g/mol. The van der Waals surface area contributed by atoms with Crippen molar-refractivity contribution < 1.29 is 24.2 Å². The number of carbonyl (C=O) groups excluding carboxylic acids is 2. The summed E-state index contributed by atoms with van der Waals surface area (Å²) in [7, 11) is 0. The van der Waals surface area contributed by atoms with Gasteiger partial charge >= 0.3 is 11.9 Å². The Balaban J connectivity index is 2.36. The lowest BCUT2D eigenvalue weighted by Gasteiger charge is -2.42. The first-order chi connectivity index (χ1) is 7.88. The summed E-state index contributed by atoms with van der Waals surface area (Å²) < 4.78 is 10.2. The van der Waals surface area contributed by atoms with Gasteiger partial charge in [0.2, 0.25) is 5.60 Å². The maximum atomic E-state index is 11.8. The number of ether oxygens (including phenoxy) is 2. The number of hydrogen-bond acceptors (Lipinski definition) is 5. The molecular formula is C11H15BrO5. The highest BCUT2D eigenvalue weighted by Gasteiger charge is 2.63. The van der Waals surface area contributed by atoms with Gasteiger partial charge in [0.05, 0.1) is 12.0 Å². The van der Waals surface area contributed by atoms with Gasteiger partial charge < -0.3 is 14.6 Å². The van der Waals surface area contributed by atoms with E-state index < -0.39 is 29.6 Å². The standard InChI is InChI=1S/C11H15BrO5/c1-5-3-11(17-6(2)13)7(4-16-10(11)15)9(14)8(5)12/h5,7-9,14H,3-4H2,1-2H3/t5-,7-,8+,9+,11-/m1/s1. The fraction of sp³-hybridized carbons (Fsp3) is 0.818. The van der Waals surface area contributed by atoms with E-state index in [1.165, 1.54) is 6.92 Å². The molecule has 1 saturated carbocycles. The average Bonchev–Trinajstić information content (AvgIpc) is 2.53. The van der Waals surface area contributed by atoms with Crippen LogP contribution in [-0.2, 0) is 19.1 Å². The SMILES string of the molecule is CC(=O)O[C@]12C[C@@H](C)[C@H](Br)[C@@H](O)[C@H]1COC2=O. The fourth-order valence-electron chi connectivity index (χ4n) is 2.75. The van der Waals surface area contributed by atoms with Gasteiger partial charge in [-0.15, -0.1) is 0 Å². The van der Waals surface area contributed by atoms with Crippen LogP contribution < -0.4 is 0 Å². The van der Waals surface area contributed by atoms with E-state index in [2.05, 4.69) is 15.9 Å². The second kappa shape index (κ2) is 4.24. The number of esters is 2. The second-order valence-electron chi connectivity index (χ2n) is 4.80. The number of aliphatic hydroxyl groups excluding tert-OH is 1. The lowest BCUT2D eigenvalue weighted by Crippen LogP contribution is -2.58. The van der Waals surface area contributed by atoms with Gasteiger partial charge in [0, 0.05) is 18.2 Å². The third kappa shape index (κ3) is 1.87. The highest BCUT2D eigenvalue weighted by molar-refractivity contribution is 9.09.